The molecule has 0 aromatic heterocycles. The highest BCUT2D eigenvalue weighted by Gasteiger charge is 2.42. The van der Waals surface area contributed by atoms with Crippen LogP contribution in [0, 0.1) is 11.8 Å². The van der Waals surface area contributed by atoms with E-state index in [1.807, 2.05) is 6.92 Å². The molecule has 0 aromatic carbocycles. The number of ketones is 1. The predicted molar refractivity (Wildman–Crippen MR) is 54.4 cm³/mol. The number of amides is 1. The van der Waals surface area contributed by atoms with E-state index in [2.05, 4.69) is 0 Å². The Balaban J connectivity index is 1.83. The first-order valence-electron chi connectivity index (χ1n) is 5.64. The van der Waals surface area contributed by atoms with Crippen LogP contribution in [0.4, 0.5) is 4.79 Å². The summed E-state index contributed by atoms with van der Waals surface area (Å²) in [5, 5.41) is 0. The summed E-state index contributed by atoms with van der Waals surface area (Å²) in [6, 6.07) is 0. The number of ether oxygens (including phenoxy) is 1. The minimum Gasteiger partial charge on any atom is -0.449 e. The monoisotopic (exact) mass is 211 g/mol. The number of fused-ring (bicyclic) bond motifs is 1. The van der Waals surface area contributed by atoms with Gasteiger partial charge in [-0.15, -0.1) is 0 Å². The van der Waals surface area contributed by atoms with Gasteiger partial charge in [0.05, 0.1) is 6.61 Å². The average molecular weight is 211 g/mol. The second-order valence-corrected chi connectivity index (χ2v) is 4.49. The lowest BCUT2D eigenvalue weighted by atomic mass is 10.0. The molecule has 0 N–H and O–H groups in total. The molecule has 2 unspecified atom stereocenters. The molecule has 2 aliphatic rings. The third kappa shape index (κ3) is 2.13. The fraction of sp³-hybridized carbons (Fsp3) is 0.818. The zero-order valence-electron chi connectivity index (χ0n) is 9.07. The predicted octanol–water partition coefficient (Wildman–Crippen LogP) is 1.44. The van der Waals surface area contributed by atoms with Crippen LogP contribution in [-0.4, -0.2) is 36.5 Å². The molecule has 4 heteroatoms. The maximum Gasteiger partial charge on any atom is 0.409 e. The third-order valence-electron chi connectivity index (χ3n) is 3.24. The van der Waals surface area contributed by atoms with Gasteiger partial charge >= 0.3 is 6.09 Å². The Bertz CT molecular complexity index is 261. The molecule has 0 bridgehead atoms. The van der Waals surface area contributed by atoms with Crippen molar-refractivity contribution in [3.63, 3.8) is 0 Å². The summed E-state index contributed by atoms with van der Waals surface area (Å²) in [6.07, 6.45) is 1.95. The Hall–Kier alpha value is -1.06. The van der Waals surface area contributed by atoms with Gasteiger partial charge in [0, 0.05) is 25.9 Å². The second kappa shape index (κ2) is 4.21. The van der Waals surface area contributed by atoms with Gasteiger partial charge in [-0.1, -0.05) is 6.92 Å². The van der Waals surface area contributed by atoms with Gasteiger partial charge < -0.3 is 9.64 Å². The van der Waals surface area contributed by atoms with Crippen molar-refractivity contribution in [3.05, 3.63) is 0 Å². The lowest BCUT2D eigenvalue weighted by molar-refractivity contribution is -0.118. The summed E-state index contributed by atoms with van der Waals surface area (Å²) in [6.45, 7) is 3.88. The van der Waals surface area contributed by atoms with E-state index in [9.17, 15) is 9.59 Å². The van der Waals surface area contributed by atoms with Crippen molar-refractivity contribution >= 4 is 11.9 Å². The first kappa shape index (κ1) is 10.5. The van der Waals surface area contributed by atoms with Gasteiger partial charge in [0.15, 0.2) is 0 Å². The SMILES string of the molecule is CCCOC(=O)N1CC2CC(=O)CC2C1. The molecule has 84 valence electrons. The second-order valence-electron chi connectivity index (χ2n) is 4.49. The highest BCUT2D eigenvalue weighted by molar-refractivity contribution is 5.82. The van der Waals surface area contributed by atoms with E-state index in [0.29, 0.717) is 50.2 Å². The van der Waals surface area contributed by atoms with Crippen molar-refractivity contribution < 1.29 is 14.3 Å². The first-order chi connectivity index (χ1) is 7.20. The molecule has 15 heavy (non-hydrogen) atoms. The summed E-state index contributed by atoms with van der Waals surface area (Å²) in [5.74, 6) is 1.14. The zero-order valence-corrected chi connectivity index (χ0v) is 9.07. The normalized spacial score (nSPS) is 29.4. The minimum absolute atomic E-state index is 0.210. The molecule has 2 rings (SSSR count). The number of likely N-dealkylation sites (tertiary alicyclic amines) is 1. The van der Waals surface area contributed by atoms with Crippen LogP contribution in [0.15, 0.2) is 0 Å². The molecule has 1 aliphatic carbocycles. The average Bonchev–Trinajstić information content (AvgIpc) is 2.70. The van der Waals surface area contributed by atoms with E-state index >= 15 is 0 Å². The highest BCUT2D eigenvalue weighted by Crippen LogP contribution is 2.35. The van der Waals surface area contributed by atoms with E-state index in [4.69, 9.17) is 4.74 Å². The summed E-state index contributed by atoms with van der Waals surface area (Å²) >= 11 is 0. The Morgan fingerprint density at radius 1 is 1.40 bits per heavy atom. The number of rotatable bonds is 2. The van der Waals surface area contributed by atoms with Gasteiger partial charge in [-0.3, -0.25) is 4.79 Å². The molecule has 0 radical (unpaired) electrons. The summed E-state index contributed by atoms with van der Waals surface area (Å²) in [4.78, 5) is 24.5. The minimum atomic E-state index is -0.210. The van der Waals surface area contributed by atoms with E-state index < -0.39 is 0 Å². The van der Waals surface area contributed by atoms with E-state index in [1.54, 1.807) is 4.90 Å². The molecule has 1 heterocycles. The quantitative estimate of drug-likeness (QED) is 0.694. The van der Waals surface area contributed by atoms with Crippen LogP contribution in [-0.2, 0) is 9.53 Å². The largest absolute Gasteiger partial charge is 0.449 e. The van der Waals surface area contributed by atoms with Crippen molar-refractivity contribution in [2.45, 2.75) is 26.2 Å². The number of hydrogen-bond donors (Lipinski definition) is 0. The van der Waals surface area contributed by atoms with E-state index in [0.717, 1.165) is 6.42 Å². The Kier molecular flexibility index (Phi) is 2.93. The number of nitrogens with zero attached hydrogens (tertiary/aromatic N) is 1. The van der Waals surface area contributed by atoms with Gasteiger partial charge in [-0.25, -0.2) is 4.79 Å². The Morgan fingerprint density at radius 2 is 2.00 bits per heavy atom. The molecular formula is C11H17NO3. The molecule has 0 spiro atoms. The first-order valence-corrected chi connectivity index (χ1v) is 5.64. The molecule has 1 saturated carbocycles. The highest BCUT2D eigenvalue weighted by atomic mass is 16.6. The fourth-order valence-corrected chi connectivity index (χ4v) is 2.50. The van der Waals surface area contributed by atoms with Crippen molar-refractivity contribution in [3.8, 4) is 0 Å². The van der Waals surface area contributed by atoms with Crippen LogP contribution in [0.2, 0.25) is 0 Å². The smallest absolute Gasteiger partial charge is 0.409 e. The van der Waals surface area contributed by atoms with Crippen LogP contribution < -0.4 is 0 Å². The molecular weight excluding hydrogens is 194 g/mol. The topological polar surface area (TPSA) is 46.6 Å². The zero-order chi connectivity index (χ0) is 10.8. The summed E-state index contributed by atoms with van der Waals surface area (Å²) in [7, 11) is 0. The summed E-state index contributed by atoms with van der Waals surface area (Å²) in [5.41, 5.74) is 0. The lowest BCUT2D eigenvalue weighted by Gasteiger charge is -2.16. The Morgan fingerprint density at radius 3 is 2.53 bits per heavy atom. The Labute approximate surface area is 89.6 Å². The third-order valence-corrected chi connectivity index (χ3v) is 3.24. The number of hydrogen-bond acceptors (Lipinski definition) is 3. The summed E-state index contributed by atoms with van der Waals surface area (Å²) < 4.78 is 5.07. The van der Waals surface area contributed by atoms with Gasteiger partial charge in [-0.2, -0.15) is 0 Å². The molecule has 0 aromatic rings. The number of carbonyl (C=O) groups is 2. The van der Waals surface area contributed by atoms with Crippen molar-refractivity contribution in [1.29, 1.82) is 0 Å². The molecule has 1 amide bonds. The van der Waals surface area contributed by atoms with Crippen LogP contribution in [0.5, 0.6) is 0 Å². The van der Waals surface area contributed by atoms with E-state index in [1.165, 1.54) is 0 Å². The van der Waals surface area contributed by atoms with Gasteiger partial charge in [0.1, 0.15) is 5.78 Å². The van der Waals surface area contributed by atoms with Crippen LogP contribution in [0.3, 0.4) is 0 Å². The maximum absolute atomic E-state index is 11.5. The fourth-order valence-electron chi connectivity index (χ4n) is 2.50. The molecule has 1 saturated heterocycles. The van der Waals surface area contributed by atoms with Gasteiger partial charge in [0.2, 0.25) is 0 Å². The molecule has 4 nitrogen and oxygen atoms in total. The standard InChI is InChI=1S/C11H17NO3/c1-2-3-15-11(14)12-6-8-4-10(13)5-9(8)7-12/h8-9H,2-7H2,1H3. The lowest BCUT2D eigenvalue weighted by Crippen LogP contribution is -2.30. The maximum atomic E-state index is 11.5. The number of carbonyl (C=O) groups excluding carboxylic acids is 2. The van der Waals surface area contributed by atoms with Crippen molar-refractivity contribution in [1.82, 2.24) is 4.90 Å². The van der Waals surface area contributed by atoms with Crippen molar-refractivity contribution in [2.75, 3.05) is 19.7 Å². The number of Topliss-reactive ketones (excluding diaryl/α,β-unsaturated/α-hetero) is 1. The van der Waals surface area contributed by atoms with Crippen LogP contribution >= 0.6 is 0 Å². The molecule has 2 fully saturated rings. The molecule has 1 aliphatic heterocycles. The van der Waals surface area contributed by atoms with Crippen LogP contribution in [0.25, 0.3) is 0 Å². The van der Waals surface area contributed by atoms with Crippen LogP contribution in [0.1, 0.15) is 26.2 Å². The van der Waals surface area contributed by atoms with Crippen molar-refractivity contribution in [2.24, 2.45) is 11.8 Å². The van der Waals surface area contributed by atoms with Gasteiger partial charge in [0.25, 0.3) is 0 Å². The van der Waals surface area contributed by atoms with Gasteiger partial charge in [-0.05, 0) is 18.3 Å². The van der Waals surface area contributed by atoms with E-state index in [-0.39, 0.29) is 6.09 Å². The molecule has 2 atom stereocenters.